The Kier molecular flexibility index (Phi) is 5.39. The van der Waals surface area contributed by atoms with Crippen molar-refractivity contribution in [1.29, 1.82) is 0 Å². The second kappa shape index (κ2) is 7.88. The number of hydrogen-bond donors (Lipinski definition) is 1. The van der Waals surface area contributed by atoms with Crippen LogP contribution >= 0.6 is 11.8 Å². The van der Waals surface area contributed by atoms with Gasteiger partial charge in [0.05, 0.1) is 12.9 Å². The van der Waals surface area contributed by atoms with Crippen LogP contribution in [0.2, 0.25) is 0 Å². The molecule has 0 aliphatic rings. The Morgan fingerprint density at radius 1 is 1.00 bits per heavy atom. The van der Waals surface area contributed by atoms with Gasteiger partial charge in [0.1, 0.15) is 5.75 Å². The highest BCUT2D eigenvalue weighted by molar-refractivity contribution is 7.99. The quantitative estimate of drug-likeness (QED) is 0.707. The van der Waals surface area contributed by atoms with Gasteiger partial charge in [-0.3, -0.25) is 4.79 Å². The van der Waals surface area contributed by atoms with Crippen molar-refractivity contribution < 1.29 is 9.53 Å². The van der Waals surface area contributed by atoms with Gasteiger partial charge in [-0.05, 0) is 29.1 Å². The average Bonchev–Trinajstić information content (AvgIpc) is 2.63. The first-order chi connectivity index (χ1) is 11.8. The molecule has 0 aliphatic carbocycles. The summed E-state index contributed by atoms with van der Waals surface area (Å²) in [6.45, 7) is 0. The first-order valence-electron chi connectivity index (χ1n) is 7.74. The summed E-state index contributed by atoms with van der Waals surface area (Å²) >= 11 is 1.60. The third-order valence-electron chi connectivity index (χ3n) is 3.72. The summed E-state index contributed by atoms with van der Waals surface area (Å²) in [6.07, 6.45) is 0. The van der Waals surface area contributed by atoms with Gasteiger partial charge in [-0.15, -0.1) is 11.8 Å². The minimum Gasteiger partial charge on any atom is -0.497 e. The number of benzene rings is 3. The number of thioether (sulfide) groups is 1. The number of fused-ring (bicyclic) bond motifs is 1. The third-order valence-corrected chi connectivity index (χ3v) is 4.73. The molecule has 1 amide bonds. The maximum Gasteiger partial charge on any atom is 0.234 e. The summed E-state index contributed by atoms with van der Waals surface area (Å²) in [5.41, 5.74) is 2.04. The number of methoxy groups -OCH3 is 1. The van der Waals surface area contributed by atoms with Crippen LogP contribution in [-0.2, 0) is 10.5 Å². The molecule has 0 spiro atoms. The van der Waals surface area contributed by atoms with Crippen LogP contribution in [0.4, 0.5) is 5.69 Å². The van der Waals surface area contributed by atoms with Gasteiger partial charge in [0.25, 0.3) is 0 Å². The number of carbonyl (C=O) groups is 1. The van der Waals surface area contributed by atoms with E-state index in [4.69, 9.17) is 4.74 Å². The number of hydrogen-bond acceptors (Lipinski definition) is 3. The van der Waals surface area contributed by atoms with Crippen LogP contribution in [0.25, 0.3) is 10.8 Å². The molecule has 0 fully saturated rings. The van der Waals surface area contributed by atoms with Crippen molar-refractivity contribution in [3.05, 3.63) is 72.3 Å². The Labute approximate surface area is 146 Å². The van der Waals surface area contributed by atoms with Crippen molar-refractivity contribution in [2.75, 3.05) is 18.2 Å². The van der Waals surface area contributed by atoms with Crippen LogP contribution in [0.3, 0.4) is 0 Å². The Hall–Kier alpha value is -2.46. The van der Waals surface area contributed by atoms with E-state index in [0.29, 0.717) is 5.75 Å². The molecule has 3 rings (SSSR count). The fraction of sp³-hybridized carbons (Fsp3) is 0.150. The Bertz CT molecular complexity index is 825. The fourth-order valence-corrected chi connectivity index (χ4v) is 3.29. The standard InChI is InChI=1S/C20H19NO2S/c1-23-17-11-9-15(10-12-17)13-24-14-20(22)21-19-8-4-6-16-5-2-3-7-18(16)19/h2-12H,13-14H2,1H3,(H,21,22). The number of nitrogens with one attached hydrogen (secondary N) is 1. The highest BCUT2D eigenvalue weighted by Gasteiger charge is 2.06. The summed E-state index contributed by atoms with van der Waals surface area (Å²) < 4.78 is 5.14. The van der Waals surface area contributed by atoms with Gasteiger partial charge >= 0.3 is 0 Å². The second-order valence-electron chi connectivity index (χ2n) is 5.42. The average molecular weight is 337 g/mol. The summed E-state index contributed by atoms with van der Waals surface area (Å²) in [5.74, 6) is 2.09. The molecule has 3 nitrogen and oxygen atoms in total. The van der Waals surface area contributed by atoms with Crippen LogP contribution < -0.4 is 10.1 Å². The minimum absolute atomic E-state index is 0.0184. The number of rotatable bonds is 6. The van der Waals surface area contributed by atoms with Gasteiger partial charge in [-0.1, -0.05) is 48.5 Å². The van der Waals surface area contributed by atoms with Crippen LogP contribution in [0.1, 0.15) is 5.56 Å². The number of ether oxygens (including phenoxy) is 1. The Morgan fingerprint density at radius 2 is 1.75 bits per heavy atom. The number of anilines is 1. The van der Waals surface area contributed by atoms with Gasteiger partial charge in [0.2, 0.25) is 5.91 Å². The van der Waals surface area contributed by atoms with Crippen molar-refractivity contribution in [2.45, 2.75) is 5.75 Å². The monoisotopic (exact) mass is 337 g/mol. The van der Waals surface area contributed by atoms with Crippen LogP contribution in [0.5, 0.6) is 5.75 Å². The van der Waals surface area contributed by atoms with E-state index in [9.17, 15) is 4.79 Å². The van der Waals surface area contributed by atoms with E-state index in [1.54, 1.807) is 18.9 Å². The molecule has 3 aromatic carbocycles. The zero-order valence-electron chi connectivity index (χ0n) is 13.5. The highest BCUT2D eigenvalue weighted by Crippen LogP contribution is 2.23. The molecule has 0 aromatic heterocycles. The molecule has 3 aromatic rings. The van der Waals surface area contributed by atoms with Crippen LogP contribution in [0.15, 0.2) is 66.7 Å². The van der Waals surface area contributed by atoms with Crippen molar-refractivity contribution in [2.24, 2.45) is 0 Å². The Morgan fingerprint density at radius 3 is 2.54 bits per heavy atom. The lowest BCUT2D eigenvalue weighted by atomic mass is 10.1. The summed E-state index contributed by atoms with van der Waals surface area (Å²) in [5, 5.41) is 5.20. The normalized spacial score (nSPS) is 10.5. The Balaban J connectivity index is 1.55. The van der Waals surface area contributed by atoms with E-state index in [2.05, 4.69) is 5.32 Å². The number of amides is 1. The fourth-order valence-electron chi connectivity index (χ4n) is 2.50. The van der Waals surface area contributed by atoms with E-state index in [-0.39, 0.29) is 5.91 Å². The van der Waals surface area contributed by atoms with E-state index in [1.807, 2.05) is 66.7 Å². The van der Waals surface area contributed by atoms with Gasteiger partial charge in [0.15, 0.2) is 0 Å². The largest absolute Gasteiger partial charge is 0.497 e. The van der Waals surface area contributed by atoms with Crippen molar-refractivity contribution in [1.82, 2.24) is 0 Å². The molecular weight excluding hydrogens is 318 g/mol. The molecule has 0 unspecified atom stereocenters. The van der Waals surface area contributed by atoms with Crippen molar-refractivity contribution in [3.8, 4) is 5.75 Å². The maximum atomic E-state index is 12.2. The molecule has 0 aliphatic heterocycles. The molecule has 0 saturated carbocycles. The maximum absolute atomic E-state index is 12.2. The highest BCUT2D eigenvalue weighted by atomic mass is 32.2. The molecule has 0 saturated heterocycles. The molecule has 0 radical (unpaired) electrons. The lowest BCUT2D eigenvalue weighted by Crippen LogP contribution is -2.14. The van der Waals surface area contributed by atoms with E-state index < -0.39 is 0 Å². The second-order valence-corrected chi connectivity index (χ2v) is 6.40. The SMILES string of the molecule is COc1ccc(CSCC(=O)Nc2cccc3ccccc23)cc1. The summed E-state index contributed by atoms with van der Waals surface area (Å²) in [6, 6.07) is 21.9. The molecular formula is C20H19NO2S. The van der Waals surface area contributed by atoms with Crippen LogP contribution in [0, 0.1) is 0 Å². The molecule has 24 heavy (non-hydrogen) atoms. The molecule has 0 heterocycles. The van der Waals surface area contributed by atoms with Gasteiger partial charge in [-0.25, -0.2) is 0 Å². The molecule has 0 bridgehead atoms. The smallest absolute Gasteiger partial charge is 0.234 e. The summed E-state index contributed by atoms with van der Waals surface area (Å²) in [7, 11) is 1.65. The predicted octanol–water partition coefficient (Wildman–Crippen LogP) is 4.72. The minimum atomic E-state index is 0.0184. The molecule has 0 atom stereocenters. The lowest BCUT2D eigenvalue weighted by Gasteiger charge is -2.09. The van der Waals surface area contributed by atoms with Gasteiger partial charge in [-0.2, -0.15) is 0 Å². The zero-order chi connectivity index (χ0) is 16.8. The van der Waals surface area contributed by atoms with Gasteiger partial charge in [0, 0.05) is 16.8 Å². The van der Waals surface area contributed by atoms with E-state index in [0.717, 1.165) is 28.0 Å². The van der Waals surface area contributed by atoms with Gasteiger partial charge < -0.3 is 10.1 Å². The van der Waals surface area contributed by atoms with E-state index >= 15 is 0 Å². The zero-order valence-corrected chi connectivity index (χ0v) is 14.3. The van der Waals surface area contributed by atoms with Crippen LogP contribution in [-0.4, -0.2) is 18.8 Å². The predicted molar refractivity (Wildman–Crippen MR) is 102 cm³/mol. The molecule has 4 heteroatoms. The van der Waals surface area contributed by atoms with E-state index in [1.165, 1.54) is 5.56 Å². The molecule has 122 valence electrons. The third kappa shape index (κ3) is 4.09. The first-order valence-corrected chi connectivity index (χ1v) is 8.90. The van der Waals surface area contributed by atoms with Crippen molar-refractivity contribution >= 4 is 34.1 Å². The molecule has 1 N–H and O–H groups in total. The lowest BCUT2D eigenvalue weighted by molar-refractivity contribution is -0.113. The number of carbonyl (C=O) groups excluding carboxylic acids is 1. The first kappa shape index (κ1) is 16.4. The van der Waals surface area contributed by atoms with Crippen molar-refractivity contribution in [3.63, 3.8) is 0 Å². The summed E-state index contributed by atoms with van der Waals surface area (Å²) in [4.78, 5) is 12.2. The topological polar surface area (TPSA) is 38.3 Å².